The molecule has 0 heterocycles. The lowest BCUT2D eigenvalue weighted by molar-refractivity contribution is -0.384. The third-order valence-corrected chi connectivity index (χ3v) is 3.09. The van der Waals surface area contributed by atoms with E-state index in [4.69, 9.17) is 21.4 Å². The second kappa shape index (κ2) is 5.80. The summed E-state index contributed by atoms with van der Waals surface area (Å²) in [7, 11) is 0. The molecular weight excluding hydrogens is 298 g/mol. The lowest BCUT2D eigenvalue weighted by Gasteiger charge is -2.10. The molecule has 2 rings (SSSR count). The Bertz CT molecular complexity index is 668. The molecule has 21 heavy (non-hydrogen) atoms. The highest BCUT2D eigenvalue weighted by Crippen LogP contribution is 2.34. The van der Waals surface area contributed by atoms with Gasteiger partial charge in [0.2, 0.25) is 0 Å². The van der Waals surface area contributed by atoms with Crippen molar-refractivity contribution in [1.29, 1.82) is 0 Å². The van der Waals surface area contributed by atoms with E-state index >= 15 is 0 Å². The summed E-state index contributed by atoms with van der Waals surface area (Å²) in [6.07, 6.45) is 0. The third-order valence-electron chi connectivity index (χ3n) is 2.78. The molecule has 0 unspecified atom stereocenters. The van der Waals surface area contributed by atoms with Gasteiger partial charge in [0.15, 0.2) is 5.75 Å². The Morgan fingerprint density at radius 2 is 1.95 bits per heavy atom. The normalized spacial score (nSPS) is 10.2. The van der Waals surface area contributed by atoms with Crippen LogP contribution in [0, 0.1) is 17.0 Å². The maximum absolute atomic E-state index is 11.0. The molecule has 0 bridgehead atoms. The standard InChI is InChI=1S/C14H10ClNO5/c1-8-2-3-9(14(17)18)6-12(8)21-13-7-10(16(19)20)4-5-11(13)15/h2-7H,1H3,(H,17,18). The Labute approximate surface area is 124 Å². The highest BCUT2D eigenvalue weighted by molar-refractivity contribution is 6.32. The number of aromatic carboxylic acids is 1. The first-order valence-electron chi connectivity index (χ1n) is 5.84. The molecule has 0 aliphatic rings. The summed E-state index contributed by atoms with van der Waals surface area (Å²) in [4.78, 5) is 21.1. The van der Waals surface area contributed by atoms with Gasteiger partial charge < -0.3 is 9.84 Å². The van der Waals surface area contributed by atoms with E-state index in [9.17, 15) is 14.9 Å². The summed E-state index contributed by atoms with van der Waals surface area (Å²) in [5.41, 5.74) is 0.571. The second-order valence-electron chi connectivity index (χ2n) is 4.26. The molecule has 0 aliphatic carbocycles. The van der Waals surface area contributed by atoms with Crippen LogP contribution in [0.4, 0.5) is 5.69 Å². The van der Waals surface area contributed by atoms with Crippen molar-refractivity contribution >= 4 is 23.3 Å². The quantitative estimate of drug-likeness (QED) is 0.680. The molecule has 2 aromatic rings. The number of hydrogen-bond donors (Lipinski definition) is 1. The fraction of sp³-hybridized carbons (Fsp3) is 0.0714. The zero-order chi connectivity index (χ0) is 15.6. The largest absolute Gasteiger partial charge is 0.478 e. The van der Waals surface area contributed by atoms with Crippen LogP contribution in [0.2, 0.25) is 5.02 Å². The maximum atomic E-state index is 11.0. The fourth-order valence-electron chi connectivity index (χ4n) is 1.65. The van der Waals surface area contributed by atoms with E-state index in [1.807, 2.05) is 0 Å². The number of hydrogen-bond acceptors (Lipinski definition) is 4. The third kappa shape index (κ3) is 3.29. The van der Waals surface area contributed by atoms with E-state index in [1.54, 1.807) is 13.0 Å². The van der Waals surface area contributed by atoms with E-state index in [-0.39, 0.29) is 27.8 Å². The van der Waals surface area contributed by atoms with Crippen molar-refractivity contribution in [1.82, 2.24) is 0 Å². The molecule has 108 valence electrons. The summed E-state index contributed by atoms with van der Waals surface area (Å²) in [6, 6.07) is 8.17. The first-order chi connectivity index (χ1) is 9.88. The van der Waals surface area contributed by atoms with Gasteiger partial charge in [-0.25, -0.2) is 4.79 Å². The average molecular weight is 308 g/mol. The molecular formula is C14H10ClNO5. The Hall–Kier alpha value is -2.60. The van der Waals surface area contributed by atoms with Crippen LogP contribution >= 0.6 is 11.6 Å². The van der Waals surface area contributed by atoms with Gasteiger partial charge in [-0.2, -0.15) is 0 Å². The number of benzene rings is 2. The SMILES string of the molecule is Cc1ccc(C(=O)O)cc1Oc1cc([N+](=O)[O-])ccc1Cl. The van der Waals surface area contributed by atoms with E-state index in [0.29, 0.717) is 5.56 Å². The van der Waals surface area contributed by atoms with Gasteiger partial charge in [-0.3, -0.25) is 10.1 Å². The summed E-state index contributed by atoms with van der Waals surface area (Å²) in [5.74, 6) is -0.723. The lowest BCUT2D eigenvalue weighted by Crippen LogP contribution is -1.98. The molecule has 0 saturated heterocycles. The zero-order valence-corrected chi connectivity index (χ0v) is 11.6. The van der Waals surface area contributed by atoms with Crippen LogP contribution in [0.25, 0.3) is 0 Å². The van der Waals surface area contributed by atoms with Crippen molar-refractivity contribution in [3.05, 3.63) is 62.7 Å². The predicted molar refractivity (Wildman–Crippen MR) is 76.3 cm³/mol. The highest BCUT2D eigenvalue weighted by Gasteiger charge is 2.14. The number of nitro benzene ring substituents is 1. The molecule has 6 nitrogen and oxygen atoms in total. The van der Waals surface area contributed by atoms with E-state index in [2.05, 4.69) is 0 Å². The van der Waals surface area contributed by atoms with Crippen LogP contribution in [0.3, 0.4) is 0 Å². The molecule has 0 amide bonds. The topological polar surface area (TPSA) is 89.7 Å². The Morgan fingerprint density at radius 3 is 2.57 bits per heavy atom. The van der Waals surface area contributed by atoms with Gasteiger partial charge in [0.25, 0.3) is 5.69 Å². The van der Waals surface area contributed by atoms with Crippen molar-refractivity contribution in [3.63, 3.8) is 0 Å². The van der Waals surface area contributed by atoms with Crippen molar-refractivity contribution in [2.45, 2.75) is 6.92 Å². The molecule has 0 saturated carbocycles. The van der Waals surface area contributed by atoms with Crippen LogP contribution < -0.4 is 4.74 Å². The van der Waals surface area contributed by atoms with Crippen LogP contribution in [-0.2, 0) is 0 Å². The molecule has 0 aliphatic heterocycles. The number of nitro groups is 1. The number of carboxylic acid groups (broad SMARTS) is 1. The molecule has 2 aromatic carbocycles. The summed E-state index contributed by atoms with van der Waals surface area (Å²) < 4.78 is 5.52. The molecule has 0 aromatic heterocycles. The van der Waals surface area contributed by atoms with Crippen LogP contribution in [-0.4, -0.2) is 16.0 Å². The van der Waals surface area contributed by atoms with Gasteiger partial charge in [-0.1, -0.05) is 17.7 Å². The van der Waals surface area contributed by atoms with Gasteiger partial charge in [0.1, 0.15) is 5.75 Å². The first-order valence-corrected chi connectivity index (χ1v) is 6.22. The van der Waals surface area contributed by atoms with Crippen molar-refractivity contribution < 1.29 is 19.6 Å². The fourth-order valence-corrected chi connectivity index (χ4v) is 1.80. The molecule has 7 heteroatoms. The first kappa shape index (κ1) is 14.8. The molecule has 1 N–H and O–H groups in total. The summed E-state index contributed by atoms with van der Waals surface area (Å²) >= 11 is 5.94. The van der Waals surface area contributed by atoms with Crippen molar-refractivity contribution in [3.8, 4) is 11.5 Å². The van der Waals surface area contributed by atoms with Crippen LogP contribution in [0.15, 0.2) is 36.4 Å². The number of carboxylic acids is 1. The number of ether oxygens (including phenoxy) is 1. The minimum absolute atomic E-state index is 0.0529. The van der Waals surface area contributed by atoms with Gasteiger partial charge in [-0.05, 0) is 30.7 Å². The highest BCUT2D eigenvalue weighted by atomic mass is 35.5. The van der Waals surface area contributed by atoms with E-state index in [0.717, 1.165) is 0 Å². The number of non-ortho nitro benzene ring substituents is 1. The minimum Gasteiger partial charge on any atom is -0.478 e. The number of nitrogens with zero attached hydrogens (tertiary/aromatic N) is 1. The maximum Gasteiger partial charge on any atom is 0.335 e. The van der Waals surface area contributed by atoms with Gasteiger partial charge in [-0.15, -0.1) is 0 Å². The summed E-state index contributed by atoms with van der Waals surface area (Å²) in [6.45, 7) is 1.73. The monoisotopic (exact) mass is 307 g/mol. The Balaban J connectivity index is 2.42. The van der Waals surface area contributed by atoms with E-state index < -0.39 is 10.9 Å². The van der Waals surface area contributed by atoms with Crippen LogP contribution in [0.5, 0.6) is 11.5 Å². The van der Waals surface area contributed by atoms with Crippen molar-refractivity contribution in [2.75, 3.05) is 0 Å². The zero-order valence-electron chi connectivity index (χ0n) is 10.9. The second-order valence-corrected chi connectivity index (χ2v) is 4.67. The molecule has 0 atom stereocenters. The summed E-state index contributed by atoms with van der Waals surface area (Å²) in [5, 5.41) is 19.9. The van der Waals surface area contributed by atoms with E-state index in [1.165, 1.54) is 30.3 Å². The minimum atomic E-state index is -1.09. The number of aryl methyl sites for hydroxylation is 1. The molecule has 0 fully saturated rings. The number of halogens is 1. The number of carbonyl (C=O) groups is 1. The predicted octanol–water partition coefficient (Wildman–Crippen LogP) is 4.05. The average Bonchev–Trinajstić information content (AvgIpc) is 2.43. The number of rotatable bonds is 4. The molecule has 0 radical (unpaired) electrons. The lowest BCUT2D eigenvalue weighted by atomic mass is 10.1. The van der Waals surface area contributed by atoms with Gasteiger partial charge >= 0.3 is 5.97 Å². The smallest absolute Gasteiger partial charge is 0.335 e. The van der Waals surface area contributed by atoms with Gasteiger partial charge in [0, 0.05) is 6.07 Å². The van der Waals surface area contributed by atoms with Crippen molar-refractivity contribution in [2.24, 2.45) is 0 Å². The Morgan fingerprint density at radius 1 is 1.24 bits per heavy atom. The van der Waals surface area contributed by atoms with Crippen LogP contribution in [0.1, 0.15) is 15.9 Å². The van der Waals surface area contributed by atoms with Gasteiger partial charge in [0.05, 0.1) is 21.6 Å². The molecule has 0 spiro atoms. The Kier molecular flexibility index (Phi) is 4.09.